The van der Waals surface area contributed by atoms with Crippen molar-refractivity contribution in [1.82, 2.24) is 4.90 Å². The molecule has 1 aliphatic heterocycles. The van der Waals surface area contributed by atoms with Crippen molar-refractivity contribution in [2.45, 2.75) is 26.3 Å². The minimum atomic E-state index is -0.819. The molecule has 0 saturated carbocycles. The van der Waals surface area contributed by atoms with E-state index in [1.165, 1.54) is 6.08 Å². The molecule has 1 N–H and O–H groups in total. The third-order valence-corrected chi connectivity index (χ3v) is 2.90. The van der Waals surface area contributed by atoms with Crippen LogP contribution < -0.4 is 0 Å². The van der Waals surface area contributed by atoms with Crippen molar-refractivity contribution in [3.63, 3.8) is 0 Å². The molecule has 88 valence electrons. The molecule has 1 amide bonds. The van der Waals surface area contributed by atoms with E-state index in [4.69, 9.17) is 5.11 Å². The number of carbonyl (C=O) groups is 2. The monoisotopic (exact) mass is 223 g/mol. The van der Waals surface area contributed by atoms with Crippen molar-refractivity contribution in [2.24, 2.45) is 5.92 Å². The predicted molar refractivity (Wildman–Crippen MR) is 60.9 cm³/mol. The zero-order valence-corrected chi connectivity index (χ0v) is 9.59. The zero-order chi connectivity index (χ0) is 12.1. The standard InChI is InChI=1S/C12H17NO3/c1-3-4-5-6-11(14)13-8-7-10(9(13)2)12(15)16/h3-6,9-10H,7-8H2,1-2H3,(H,15,16). The van der Waals surface area contributed by atoms with Crippen LogP contribution in [0.4, 0.5) is 0 Å². The average Bonchev–Trinajstić information content (AvgIpc) is 2.60. The summed E-state index contributed by atoms with van der Waals surface area (Å²) in [6, 6.07) is -0.222. The summed E-state index contributed by atoms with van der Waals surface area (Å²) in [5, 5.41) is 8.93. The zero-order valence-electron chi connectivity index (χ0n) is 9.59. The lowest BCUT2D eigenvalue weighted by Gasteiger charge is -2.21. The maximum absolute atomic E-state index is 11.7. The number of nitrogens with zero attached hydrogens (tertiary/aromatic N) is 1. The molecule has 2 atom stereocenters. The summed E-state index contributed by atoms with van der Waals surface area (Å²) in [5.74, 6) is -1.37. The number of hydrogen-bond donors (Lipinski definition) is 1. The number of carbonyl (C=O) groups excluding carboxylic acids is 1. The van der Waals surface area contributed by atoms with E-state index >= 15 is 0 Å². The van der Waals surface area contributed by atoms with Gasteiger partial charge in [0.1, 0.15) is 0 Å². The number of allylic oxidation sites excluding steroid dienone is 3. The van der Waals surface area contributed by atoms with Gasteiger partial charge in [-0.2, -0.15) is 0 Å². The van der Waals surface area contributed by atoms with E-state index in [0.717, 1.165) is 0 Å². The first-order valence-corrected chi connectivity index (χ1v) is 5.40. The van der Waals surface area contributed by atoms with Crippen LogP contribution in [0.15, 0.2) is 24.3 Å². The first-order valence-electron chi connectivity index (χ1n) is 5.40. The van der Waals surface area contributed by atoms with Crippen LogP contribution in [0.3, 0.4) is 0 Å². The van der Waals surface area contributed by atoms with E-state index < -0.39 is 11.9 Å². The summed E-state index contributed by atoms with van der Waals surface area (Å²) in [6.45, 7) is 4.18. The number of hydrogen-bond acceptors (Lipinski definition) is 2. The fraction of sp³-hybridized carbons (Fsp3) is 0.500. The summed E-state index contributed by atoms with van der Waals surface area (Å²) >= 11 is 0. The van der Waals surface area contributed by atoms with E-state index in [1.54, 1.807) is 24.0 Å². The van der Waals surface area contributed by atoms with Gasteiger partial charge in [0.05, 0.1) is 5.92 Å². The molecule has 0 radical (unpaired) electrons. The van der Waals surface area contributed by atoms with Gasteiger partial charge in [0, 0.05) is 18.7 Å². The summed E-state index contributed by atoms with van der Waals surface area (Å²) in [7, 11) is 0. The van der Waals surface area contributed by atoms with E-state index in [9.17, 15) is 9.59 Å². The van der Waals surface area contributed by atoms with Gasteiger partial charge in [0.15, 0.2) is 0 Å². The summed E-state index contributed by atoms with van der Waals surface area (Å²) in [6.07, 6.45) is 7.29. The normalized spacial score (nSPS) is 25.8. The molecule has 0 aromatic carbocycles. The fourth-order valence-electron chi connectivity index (χ4n) is 1.93. The Morgan fingerprint density at radius 1 is 1.38 bits per heavy atom. The molecule has 1 fully saturated rings. The van der Waals surface area contributed by atoms with Crippen molar-refractivity contribution >= 4 is 11.9 Å². The molecule has 2 unspecified atom stereocenters. The van der Waals surface area contributed by atoms with E-state index in [1.807, 2.05) is 13.0 Å². The lowest BCUT2D eigenvalue weighted by Crippen LogP contribution is -2.36. The van der Waals surface area contributed by atoms with Crippen molar-refractivity contribution in [2.75, 3.05) is 6.54 Å². The van der Waals surface area contributed by atoms with Gasteiger partial charge in [-0.3, -0.25) is 9.59 Å². The Kier molecular flexibility index (Phi) is 4.28. The first kappa shape index (κ1) is 12.5. The van der Waals surface area contributed by atoms with Crippen molar-refractivity contribution < 1.29 is 14.7 Å². The average molecular weight is 223 g/mol. The minimum Gasteiger partial charge on any atom is -0.481 e. The molecule has 4 heteroatoms. The third-order valence-electron chi connectivity index (χ3n) is 2.90. The molecule has 0 aliphatic carbocycles. The maximum Gasteiger partial charge on any atom is 0.308 e. The highest BCUT2D eigenvalue weighted by Crippen LogP contribution is 2.24. The molecular formula is C12H17NO3. The van der Waals surface area contributed by atoms with Crippen molar-refractivity contribution in [3.8, 4) is 0 Å². The fourth-order valence-corrected chi connectivity index (χ4v) is 1.93. The Bertz CT molecular complexity index is 333. The lowest BCUT2D eigenvalue weighted by molar-refractivity contribution is -0.142. The van der Waals surface area contributed by atoms with E-state index in [-0.39, 0.29) is 11.9 Å². The van der Waals surface area contributed by atoms with Gasteiger partial charge < -0.3 is 10.0 Å². The number of rotatable bonds is 3. The van der Waals surface area contributed by atoms with Gasteiger partial charge >= 0.3 is 5.97 Å². The smallest absolute Gasteiger partial charge is 0.308 e. The van der Waals surface area contributed by atoms with Crippen molar-refractivity contribution in [3.05, 3.63) is 24.3 Å². The van der Waals surface area contributed by atoms with Crippen LogP contribution in [-0.4, -0.2) is 34.5 Å². The number of likely N-dealkylation sites (tertiary alicyclic amines) is 1. The van der Waals surface area contributed by atoms with Crippen LogP contribution in [0.5, 0.6) is 0 Å². The number of carboxylic acids is 1. The SMILES string of the molecule is CC=CC=CC(=O)N1CCC(C(=O)O)C1C. The topological polar surface area (TPSA) is 57.6 Å². The van der Waals surface area contributed by atoms with Gasteiger partial charge in [-0.15, -0.1) is 0 Å². The minimum absolute atomic E-state index is 0.116. The molecule has 16 heavy (non-hydrogen) atoms. The van der Waals surface area contributed by atoms with Gasteiger partial charge in [-0.1, -0.05) is 18.2 Å². The number of amides is 1. The Hall–Kier alpha value is -1.58. The quantitative estimate of drug-likeness (QED) is 0.582. The highest BCUT2D eigenvalue weighted by molar-refractivity contribution is 5.89. The molecule has 1 heterocycles. The highest BCUT2D eigenvalue weighted by atomic mass is 16.4. The molecule has 1 saturated heterocycles. The Morgan fingerprint density at radius 3 is 2.56 bits per heavy atom. The Morgan fingerprint density at radius 2 is 2.06 bits per heavy atom. The van der Waals surface area contributed by atoms with Crippen molar-refractivity contribution in [1.29, 1.82) is 0 Å². The van der Waals surface area contributed by atoms with Gasteiger partial charge in [0.2, 0.25) is 5.91 Å². The molecule has 4 nitrogen and oxygen atoms in total. The number of carboxylic acid groups (broad SMARTS) is 1. The van der Waals surface area contributed by atoms with Crippen LogP contribution in [0, 0.1) is 5.92 Å². The van der Waals surface area contributed by atoms with Gasteiger partial charge in [-0.05, 0) is 20.3 Å². The van der Waals surface area contributed by atoms with Gasteiger partial charge in [0.25, 0.3) is 0 Å². The summed E-state index contributed by atoms with van der Waals surface area (Å²) in [5.41, 5.74) is 0. The predicted octanol–water partition coefficient (Wildman–Crippen LogP) is 1.44. The van der Waals surface area contributed by atoms with Crippen LogP contribution >= 0.6 is 0 Å². The Labute approximate surface area is 95.2 Å². The van der Waals surface area contributed by atoms with E-state index in [0.29, 0.717) is 13.0 Å². The first-order chi connectivity index (χ1) is 7.57. The lowest BCUT2D eigenvalue weighted by atomic mass is 10.0. The largest absolute Gasteiger partial charge is 0.481 e. The van der Waals surface area contributed by atoms with Crippen LogP contribution in [0.1, 0.15) is 20.3 Å². The second-order valence-corrected chi connectivity index (χ2v) is 3.89. The second kappa shape index (κ2) is 5.49. The molecule has 0 bridgehead atoms. The third kappa shape index (κ3) is 2.72. The van der Waals surface area contributed by atoms with Crippen LogP contribution in [-0.2, 0) is 9.59 Å². The summed E-state index contributed by atoms with van der Waals surface area (Å²) in [4.78, 5) is 24.2. The molecule has 1 rings (SSSR count). The number of aliphatic carboxylic acids is 1. The molecule has 0 aromatic heterocycles. The maximum atomic E-state index is 11.7. The molecule has 0 aromatic rings. The van der Waals surface area contributed by atoms with Crippen LogP contribution in [0.25, 0.3) is 0 Å². The molecule has 1 aliphatic rings. The molecular weight excluding hydrogens is 206 g/mol. The van der Waals surface area contributed by atoms with Gasteiger partial charge in [-0.25, -0.2) is 0 Å². The highest BCUT2D eigenvalue weighted by Gasteiger charge is 2.37. The van der Waals surface area contributed by atoms with E-state index in [2.05, 4.69) is 0 Å². The van der Waals surface area contributed by atoms with Crippen LogP contribution in [0.2, 0.25) is 0 Å². The second-order valence-electron chi connectivity index (χ2n) is 3.89. The molecule has 0 spiro atoms. The summed E-state index contributed by atoms with van der Waals surface area (Å²) < 4.78 is 0. The Balaban J connectivity index is 2.63.